The SMILES string of the molecule is CN(CCCC(C)(C)C(N)=S)Cc1cscn1. The molecule has 0 amide bonds. The summed E-state index contributed by atoms with van der Waals surface area (Å²) in [7, 11) is 2.12. The molecule has 1 aromatic rings. The summed E-state index contributed by atoms with van der Waals surface area (Å²) in [5.74, 6) is 0. The minimum absolute atomic E-state index is 0.0309. The first-order chi connectivity index (χ1) is 7.92. The molecule has 3 nitrogen and oxygen atoms in total. The van der Waals surface area contributed by atoms with Crippen LogP contribution in [0.4, 0.5) is 0 Å². The van der Waals surface area contributed by atoms with Gasteiger partial charge in [-0.2, -0.15) is 0 Å². The Bertz CT molecular complexity index is 347. The van der Waals surface area contributed by atoms with Gasteiger partial charge in [-0.05, 0) is 26.4 Å². The standard InChI is InChI=1S/C12H21N3S2/c1-12(2,11(13)16)5-4-6-15(3)7-10-8-17-9-14-10/h8-9H,4-7H2,1-3H3,(H2,13,16). The molecule has 0 spiro atoms. The lowest BCUT2D eigenvalue weighted by atomic mass is 9.88. The van der Waals surface area contributed by atoms with Crippen molar-refractivity contribution in [2.45, 2.75) is 33.2 Å². The molecule has 0 aliphatic heterocycles. The van der Waals surface area contributed by atoms with Gasteiger partial charge in [0.25, 0.3) is 0 Å². The molecule has 1 rings (SSSR count). The number of hydrogen-bond donors (Lipinski definition) is 1. The highest BCUT2D eigenvalue weighted by atomic mass is 32.1. The van der Waals surface area contributed by atoms with E-state index in [1.54, 1.807) is 11.3 Å². The van der Waals surface area contributed by atoms with Crippen LogP contribution in [0.2, 0.25) is 0 Å². The molecule has 0 saturated carbocycles. The van der Waals surface area contributed by atoms with Gasteiger partial charge in [0.05, 0.1) is 16.2 Å². The molecule has 0 aromatic carbocycles. The van der Waals surface area contributed by atoms with Gasteiger partial charge in [0.15, 0.2) is 0 Å². The molecule has 0 bridgehead atoms. The van der Waals surface area contributed by atoms with Crippen LogP contribution in [0.5, 0.6) is 0 Å². The van der Waals surface area contributed by atoms with E-state index in [1.807, 2.05) is 5.51 Å². The average Bonchev–Trinajstić information content (AvgIpc) is 2.69. The first-order valence-corrected chi connectivity index (χ1v) is 7.12. The van der Waals surface area contributed by atoms with Gasteiger partial charge < -0.3 is 10.6 Å². The molecule has 0 radical (unpaired) electrons. The van der Waals surface area contributed by atoms with Gasteiger partial charge >= 0.3 is 0 Å². The van der Waals surface area contributed by atoms with Crippen molar-refractivity contribution in [2.75, 3.05) is 13.6 Å². The fourth-order valence-electron chi connectivity index (χ4n) is 1.59. The van der Waals surface area contributed by atoms with E-state index in [0.29, 0.717) is 4.99 Å². The minimum Gasteiger partial charge on any atom is -0.393 e. The smallest absolute Gasteiger partial charge is 0.0795 e. The third kappa shape index (κ3) is 5.10. The van der Waals surface area contributed by atoms with Crippen molar-refractivity contribution < 1.29 is 0 Å². The summed E-state index contributed by atoms with van der Waals surface area (Å²) in [4.78, 5) is 7.17. The average molecular weight is 271 g/mol. The predicted molar refractivity (Wildman–Crippen MR) is 78.2 cm³/mol. The monoisotopic (exact) mass is 271 g/mol. The molecule has 2 N–H and O–H groups in total. The Kier molecular flexibility index (Phi) is 5.49. The third-order valence-electron chi connectivity index (χ3n) is 2.92. The lowest BCUT2D eigenvalue weighted by molar-refractivity contribution is 0.299. The van der Waals surface area contributed by atoms with Crippen molar-refractivity contribution in [1.29, 1.82) is 0 Å². The largest absolute Gasteiger partial charge is 0.393 e. The summed E-state index contributed by atoms with van der Waals surface area (Å²) >= 11 is 6.70. The molecule has 0 aliphatic rings. The van der Waals surface area contributed by atoms with E-state index in [4.69, 9.17) is 18.0 Å². The molecular weight excluding hydrogens is 250 g/mol. The Hall–Kier alpha value is -0.520. The Labute approximate surface area is 113 Å². The first-order valence-electron chi connectivity index (χ1n) is 5.77. The quantitative estimate of drug-likeness (QED) is 0.774. The third-order valence-corrected chi connectivity index (χ3v) is 4.11. The van der Waals surface area contributed by atoms with Gasteiger partial charge in [-0.1, -0.05) is 26.1 Å². The van der Waals surface area contributed by atoms with E-state index in [9.17, 15) is 0 Å². The van der Waals surface area contributed by atoms with Gasteiger partial charge in [-0.25, -0.2) is 4.98 Å². The van der Waals surface area contributed by atoms with Crippen molar-refractivity contribution in [3.8, 4) is 0 Å². The maximum atomic E-state index is 5.71. The molecule has 0 saturated heterocycles. The fourth-order valence-corrected chi connectivity index (χ4v) is 2.24. The van der Waals surface area contributed by atoms with Crippen molar-refractivity contribution in [3.05, 3.63) is 16.6 Å². The summed E-state index contributed by atoms with van der Waals surface area (Å²) in [6.07, 6.45) is 2.13. The van der Waals surface area contributed by atoms with Crippen LogP contribution in [-0.2, 0) is 6.54 Å². The van der Waals surface area contributed by atoms with Crippen LogP contribution in [0.3, 0.4) is 0 Å². The fraction of sp³-hybridized carbons (Fsp3) is 0.667. The van der Waals surface area contributed by atoms with Gasteiger partial charge in [-0.15, -0.1) is 11.3 Å². The number of aromatic nitrogens is 1. The van der Waals surface area contributed by atoms with E-state index >= 15 is 0 Å². The van der Waals surface area contributed by atoms with E-state index < -0.39 is 0 Å². The second-order valence-electron chi connectivity index (χ2n) is 5.07. The van der Waals surface area contributed by atoms with Crippen LogP contribution in [0.25, 0.3) is 0 Å². The second kappa shape index (κ2) is 6.42. The first kappa shape index (κ1) is 14.5. The van der Waals surface area contributed by atoms with E-state index in [1.165, 1.54) is 0 Å². The molecule has 0 fully saturated rings. The van der Waals surface area contributed by atoms with Crippen molar-refractivity contribution in [2.24, 2.45) is 11.1 Å². The molecule has 96 valence electrons. The van der Waals surface area contributed by atoms with Crippen LogP contribution in [0.15, 0.2) is 10.9 Å². The van der Waals surface area contributed by atoms with Gasteiger partial charge in [0.1, 0.15) is 0 Å². The normalized spacial score (nSPS) is 12.0. The number of hydrogen-bond acceptors (Lipinski definition) is 4. The Balaban J connectivity index is 2.25. The number of rotatable bonds is 7. The van der Waals surface area contributed by atoms with Crippen molar-refractivity contribution in [1.82, 2.24) is 9.88 Å². The van der Waals surface area contributed by atoms with Gasteiger partial charge in [-0.3, -0.25) is 0 Å². The highest BCUT2D eigenvalue weighted by Gasteiger charge is 2.20. The van der Waals surface area contributed by atoms with Crippen LogP contribution in [-0.4, -0.2) is 28.5 Å². The van der Waals surface area contributed by atoms with Crippen LogP contribution in [0.1, 0.15) is 32.4 Å². The molecule has 1 aromatic heterocycles. The summed E-state index contributed by atoms with van der Waals surface area (Å²) in [6.45, 7) is 6.17. The maximum absolute atomic E-state index is 5.71. The number of thiocarbonyl (C=S) groups is 1. The lowest BCUT2D eigenvalue weighted by Gasteiger charge is -2.24. The minimum atomic E-state index is -0.0309. The van der Waals surface area contributed by atoms with Gasteiger partial charge in [0.2, 0.25) is 0 Å². The number of nitrogens with zero attached hydrogens (tertiary/aromatic N) is 2. The highest BCUT2D eigenvalue weighted by molar-refractivity contribution is 7.80. The van der Waals surface area contributed by atoms with Crippen LogP contribution in [0, 0.1) is 5.41 Å². The molecule has 0 unspecified atom stereocenters. The molecular formula is C12H21N3S2. The summed E-state index contributed by atoms with van der Waals surface area (Å²) in [5, 5.41) is 2.09. The van der Waals surface area contributed by atoms with Crippen molar-refractivity contribution >= 4 is 28.5 Å². The Morgan fingerprint density at radius 2 is 2.29 bits per heavy atom. The number of thiazole rings is 1. The highest BCUT2D eigenvalue weighted by Crippen LogP contribution is 2.22. The van der Waals surface area contributed by atoms with E-state index in [-0.39, 0.29) is 5.41 Å². The van der Waals surface area contributed by atoms with E-state index in [0.717, 1.165) is 31.6 Å². The van der Waals surface area contributed by atoms with Crippen molar-refractivity contribution in [3.63, 3.8) is 0 Å². The van der Waals surface area contributed by atoms with Gasteiger partial charge in [0, 0.05) is 17.3 Å². The van der Waals surface area contributed by atoms with Crippen LogP contribution >= 0.6 is 23.6 Å². The Morgan fingerprint density at radius 3 is 2.82 bits per heavy atom. The summed E-state index contributed by atoms with van der Waals surface area (Å²) < 4.78 is 0. The Morgan fingerprint density at radius 1 is 1.59 bits per heavy atom. The second-order valence-corrected chi connectivity index (χ2v) is 6.23. The summed E-state index contributed by atoms with van der Waals surface area (Å²) in [6, 6.07) is 0. The lowest BCUT2D eigenvalue weighted by Crippen LogP contribution is -2.31. The zero-order valence-corrected chi connectivity index (χ0v) is 12.4. The number of nitrogens with two attached hydrogens (primary N) is 1. The maximum Gasteiger partial charge on any atom is 0.0795 e. The zero-order valence-electron chi connectivity index (χ0n) is 10.8. The van der Waals surface area contributed by atoms with E-state index in [2.05, 4.69) is 36.2 Å². The summed E-state index contributed by atoms with van der Waals surface area (Å²) in [5.41, 5.74) is 8.69. The molecule has 0 aliphatic carbocycles. The predicted octanol–water partition coefficient (Wildman–Crippen LogP) is 2.67. The topological polar surface area (TPSA) is 42.1 Å². The zero-order chi connectivity index (χ0) is 12.9. The molecule has 5 heteroatoms. The molecule has 1 heterocycles. The van der Waals surface area contributed by atoms with Crippen LogP contribution < -0.4 is 5.73 Å². The molecule has 17 heavy (non-hydrogen) atoms. The molecule has 0 atom stereocenters.